The molecule has 6 rings (SSSR count). The Bertz CT molecular complexity index is 1550. The normalized spacial score (nSPS) is 16.7. The molecule has 0 bridgehead atoms. The van der Waals surface area contributed by atoms with Crippen LogP contribution in [0.5, 0.6) is 0 Å². The predicted octanol–water partition coefficient (Wildman–Crippen LogP) is 3.81. The maximum Gasteiger partial charge on any atom is 0.348 e. The van der Waals surface area contributed by atoms with Crippen LogP contribution in [0.2, 0.25) is 0 Å². The summed E-state index contributed by atoms with van der Waals surface area (Å²) in [6.45, 7) is 2.48. The number of hydrogen-bond acceptors (Lipinski definition) is 5. The first kappa shape index (κ1) is 21.4. The van der Waals surface area contributed by atoms with Gasteiger partial charge in [-0.25, -0.2) is 13.9 Å². The second-order valence-electron chi connectivity index (χ2n) is 8.95. The lowest BCUT2D eigenvalue weighted by Gasteiger charge is -2.31. The Labute approximate surface area is 200 Å². The number of halogens is 1. The molecule has 1 aliphatic heterocycles. The van der Waals surface area contributed by atoms with Crippen molar-refractivity contribution in [1.82, 2.24) is 34.4 Å². The number of pyridine rings is 1. The van der Waals surface area contributed by atoms with E-state index in [-0.39, 0.29) is 17.4 Å². The van der Waals surface area contributed by atoms with E-state index in [0.29, 0.717) is 11.5 Å². The Morgan fingerprint density at radius 1 is 1.11 bits per heavy atom. The topological polar surface area (TPSA) is 84.6 Å². The van der Waals surface area contributed by atoms with Crippen LogP contribution in [0.1, 0.15) is 30.1 Å². The van der Waals surface area contributed by atoms with Gasteiger partial charge in [-0.15, -0.1) is 5.10 Å². The van der Waals surface area contributed by atoms with Crippen molar-refractivity contribution in [2.24, 2.45) is 0 Å². The summed E-state index contributed by atoms with van der Waals surface area (Å²) in [4.78, 5) is 22.4. The number of nitrogens with one attached hydrogen (secondary N) is 1. The Kier molecular flexibility index (Phi) is 5.46. The van der Waals surface area contributed by atoms with Crippen LogP contribution in [0.25, 0.3) is 22.1 Å². The number of fused-ring (bicyclic) bond motifs is 1. The second-order valence-corrected chi connectivity index (χ2v) is 8.95. The van der Waals surface area contributed by atoms with E-state index >= 15 is 0 Å². The molecule has 1 unspecified atom stereocenters. The Morgan fingerprint density at radius 3 is 2.94 bits per heavy atom. The van der Waals surface area contributed by atoms with Gasteiger partial charge < -0.3 is 0 Å². The highest BCUT2D eigenvalue weighted by Gasteiger charge is 2.25. The van der Waals surface area contributed by atoms with Crippen LogP contribution in [0.4, 0.5) is 4.39 Å². The van der Waals surface area contributed by atoms with Gasteiger partial charge in [-0.1, -0.05) is 18.2 Å². The van der Waals surface area contributed by atoms with Crippen LogP contribution < -0.4 is 5.69 Å². The quantitative estimate of drug-likeness (QED) is 0.423. The first-order chi connectivity index (χ1) is 17.1. The molecule has 176 valence electrons. The van der Waals surface area contributed by atoms with Crippen molar-refractivity contribution in [3.05, 3.63) is 101 Å². The van der Waals surface area contributed by atoms with Gasteiger partial charge in [0.1, 0.15) is 11.6 Å². The monoisotopic (exact) mass is 469 g/mol. The summed E-state index contributed by atoms with van der Waals surface area (Å²) < 4.78 is 16.7. The van der Waals surface area contributed by atoms with Crippen molar-refractivity contribution >= 4 is 10.8 Å². The minimum absolute atomic E-state index is 0.132. The molecular weight excluding hydrogens is 445 g/mol. The zero-order valence-electron chi connectivity index (χ0n) is 19.0. The molecule has 2 aromatic carbocycles. The van der Waals surface area contributed by atoms with E-state index in [0.717, 1.165) is 54.5 Å². The fraction of sp³-hybridized carbons (Fsp3) is 0.231. The number of piperidine rings is 1. The van der Waals surface area contributed by atoms with Gasteiger partial charge in [-0.05, 0) is 49.7 Å². The van der Waals surface area contributed by atoms with Crippen LogP contribution in [0, 0.1) is 5.82 Å². The zero-order chi connectivity index (χ0) is 23.8. The highest BCUT2D eigenvalue weighted by atomic mass is 19.1. The molecular formula is C26H24FN7O. The molecule has 1 fully saturated rings. The maximum absolute atomic E-state index is 13.6. The van der Waals surface area contributed by atoms with E-state index < -0.39 is 0 Å². The lowest BCUT2D eigenvalue weighted by molar-refractivity contribution is 0.196. The average Bonchev–Trinajstić information content (AvgIpc) is 3.50. The summed E-state index contributed by atoms with van der Waals surface area (Å²) in [5, 5.41) is 11.0. The smallest absolute Gasteiger partial charge is 0.298 e. The number of nitrogens with zero attached hydrogens (tertiary/aromatic N) is 6. The highest BCUT2D eigenvalue weighted by molar-refractivity contribution is 5.89. The summed E-state index contributed by atoms with van der Waals surface area (Å²) in [5.74, 6) is 0.556. The van der Waals surface area contributed by atoms with E-state index in [1.807, 2.05) is 42.7 Å². The SMILES string of the molecule is O=c1[nH]c(C2CCCN(Cc3cnn(-c4cccc(F)c4)c3)C2)nn1-c1cccc2cnccc12. The predicted molar refractivity (Wildman–Crippen MR) is 130 cm³/mol. The first-order valence-corrected chi connectivity index (χ1v) is 11.7. The summed E-state index contributed by atoms with van der Waals surface area (Å²) in [7, 11) is 0. The van der Waals surface area contributed by atoms with Gasteiger partial charge in [0.05, 0.1) is 17.6 Å². The summed E-state index contributed by atoms with van der Waals surface area (Å²) in [6, 6.07) is 14.1. The van der Waals surface area contributed by atoms with Gasteiger partial charge in [-0.3, -0.25) is 14.9 Å². The molecule has 9 heteroatoms. The fourth-order valence-electron chi connectivity index (χ4n) is 4.86. The fourth-order valence-corrected chi connectivity index (χ4v) is 4.86. The van der Waals surface area contributed by atoms with Crippen molar-refractivity contribution in [3.8, 4) is 11.4 Å². The molecule has 1 aliphatic rings. The third-order valence-electron chi connectivity index (χ3n) is 6.53. The molecule has 0 spiro atoms. The number of hydrogen-bond donors (Lipinski definition) is 1. The standard InChI is InChI=1S/C26H24FN7O/c27-21-6-2-7-22(12-21)33-16-18(13-29-33)15-32-11-3-5-20(17-32)25-30-26(35)34(31-25)24-8-1-4-19-14-28-10-9-23(19)24/h1-2,4,6-10,12-14,16,20H,3,5,11,15,17H2,(H,30,31,35). The summed E-state index contributed by atoms with van der Waals surface area (Å²) in [5.41, 5.74) is 2.26. The molecule has 0 aliphatic carbocycles. The number of likely N-dealkylation sites (tertiary alicyclic amines) is 1. The largest absolute Gasteiger partial charge is 0.348 e. The Balaban J connectivity index is 1.20. The van der Waals surface area contributed by atoms with Gasteiger partial charge in [0.25, 0.3) is 0 Å². The van der Waals surface area contributed by atoms with Crippen LogP contribution >= 0.6 is 0 Å². The number of H-pyrrole nitrogens is 1. The molecule has 35 heavy (non-hydrogen) atoms. The number of aromatic amines is 1. The molecule has 4 heterocycles. The minimum Gasteiger partial charge on any atom is -0.298 e. The summed E-state index contributed by atoms with van der Waals surface area (Å²) >= 11 is 0. The highest BCUT2D eigenvalue weighted by Crippen LogP contribution is 2.26. The van der Waals surface area contributed by atoms with Gasteiger partial charge in [-0.2, -0.15) is 9.78 Å². The van der Waals surface area contributed by atoms with E-state index in [1.54, 1.807) is 23.1 Å². The van der Waals surface area contributed by atoms with E-state index in [1.165, 1.54) is 16.8 Å². The summed E-state index contributed by atoms with van der Waals surface area (Å²) in [6.07, 6.45) is 9.24. The Hall–Kier alpha value is -4.11. The molecule has 0 radical (unpaired) electrons. The molecule has 5 aromatic rings. The molecule has 0 saturated carbocycles. The van der Waals surface area contributed by atoms with Gasteiger partial charge in [0, 0.05) is 53.9 Å². The van der Waals surface area contributed by atoms with Crippen molar-refractivity contribution in [2.75, 3.05) is 13.1 Å². The van der Waals surface area contributed by atoms with Gasteiger partial charge in [0.15, 0.2) is 0 Å². The third-order valence-corrected chi connectivity index (χ3v) is 6.53. The number of aromatic nitrogens is 6. The molecule has 8 nitrogen and oxygen atoms in total. The van der Waals surface area contributed by atoms with Crippen molar-refractivity contribution in [1.29, 1.82) is 0 Å². The zero-order valence-corrected chi connectivity index (χ0v) is 19.0. The molecule has 1 N–H and O–H groups in total. The van der Waals surface area contributed by atoms with E-state index in [9.17, 15) is 9.18 Å². The third kappa shape index (κ3) is 4.26. The maximum atomic E-state index is 13.6. The Morgan fingerprint density at radius 2 is 2.03 bits per heavy atom. The van der Waals surface area contributed by atoms with Crippen LogP contribution in [-0.2, 0) is 6.54 Å². The molecule has 0 amide bonds. The molecule has 3 aromatic heterocycles. The number of rotatable bonds is 5. The second kappa shape index (κ2) is 8.92. The van der Waals surface area contributed by atoms with Crippen molar-refractivity contribution in [2.45, 2.75) is 25.3 Å². The van der Waals surface area contributed by atoms with Gasteiger partial charge >= 0.3 is 5.69 Å². The van der Waals surface area contributed by atoms with Crippen molar-refractivity contribution in [3.63, 3.8) is 0 Å². The average molecular weight is 470 g/mol. The van der Waals surface area contributed by atoms with E-state index in [2.05, 4.69) is 20.0 Å². The number of benzene rings is 2. The lowest BCUT2D eigenvalue weighted by atomic mass is 9.97. The van der Waals surface area contributed by atoms with Gasteiger partial charge in [0.2, 0.25) is 0 Å². The van der Waals surface area contributed by atoms with Crippen LogP contribution in [0.15, 0.2) is 78.1 Å². The molecule has 1 atom stereocenters. The van der Waals surface area contributed by atoms with Crippen LogP contribution in [-0.4, -0.2) is 47.5 Å². The first-order valence-electron chi connectivity index (χ1n) is 11.7. The van der Waals surface area contributed by atoms with E-state index in [4.69, 9.17) is 5.10 Å². The van der Waals surface area contributed by atoms with Crippen molar-refractivity contribution < 1.29 is 4.39 Å². The lowest BCUT2D eigenvalue weighted by Crippen LogP contribution is -2.34. The molecule has 1 saturated heterocycles. The minimum atomic E-state index is -0.285. The van der Waals surface area contributed by atoms with Crippen LogP contribution in [0.3, 0.4) is 0 Å².